The van der Waals surface area contributed by atoms with Gasteiger partial charge in [0.25, 0.3) is 0 Å². The fourth-order valence-corrected chi connectivity index (χ4v) is 2.02. The summed E-state index contributed by atoms with van der Waals surface area (Å²) in [5.74, 6) is 1.41. The van der Waals surface area contributed by atoms with Crippen LogP contribution in [0.5, 0.6) is 0 Å². The third kappa shape index (κ3) is 1.08. The van der Waals surface area contributed by atoms with Gasteiger partial charge in [-0.3, -0.25) is 5.09 Å². The van der Waals surface area contributed by atoms with Gasteiger partial charge in [0.1, 0.15) is 0 Å². The fraction of sp³-hybridized carbons (Fsp3) is 0.143. The van der Waals surface area contributed by atoms with Crippen molar-refractivity contribution in [2.75, 3.05) is 5.09 Å². The van der Waals surface area contributed by atoms with Gasteiger partial charge in [0.15, 0.2) is 0 Å². The standard InChI is InChI=1S/C7H7N4OP/c1-4-2-8-10-6(4)12-7-5(1)3-9-13-11-7/h1-2,9,11,13H,3H2. The molecule has 5 nitrogen and oxygen atoms in total. The molecule has 3 rings (SSSR count). The number of nitrogens with one attached hydrogen (secondary N) is 2. The van der Waals surface area contributed by atoms with Crippen molar-refractivity contribution in [1.29, 1.82) is 0 Å². The molecule has 0 aliphatic carbocycles. The maximum Gasteiger partial charge on any atom is 0.249 e. The first-order valence-corrected chi connectivity index (χ1v) is 4.91. The Bertz CT molecular complexity index is 378. The highest BCUT2D eigenvalue weighted by molar-refractivity contribution is 7.37. The molecule has 66 valence electrons. The Labute approximate surface area is 76.2 Å². The Morgan fingerprint density at radius 2 is 2.54 bits per heavy atom. The number of hydrogen-bond donors (Lipinski definition) is 2. The van der Waals surface area contributed by atoms with E-state index in [9.17, 15) is 0 Å². The van der Waals surface area contributed by atoms with Crippen molar-refractivity contribution in [1.82, 2.24) is 15.3 Å². The number of nitrogens with zero attached hydrogens (tertiary/aromatic N) is 2. The Kier molecular flexibility index (Phi) is 1.48. The predicted molar refractivity (Wildman–Crippen MR) is 49.7 cm³/mol. The van der Waals surface area contributed by atoms with Crippen molar-refractivity contribution in [3.8, 4) is 11.5 Å². The van der Waals surface area contributed by atoms with E-state index in [0.29, 0.717) is 14.8 Å². The van der Waals surface area contributed by atoms with E-state index < -0.39 is 0 Å². The third-order valence-corrected chi connectivity index (χ3v) is 2.66. The van der Waals surface area contributed by atoms with E-state index in [2.05, 4.69) is 20.4 Å². The number of fused-ring (bicyclic) bond motifs is 2. The number of hydrogen-bond acceptors (Lipinski definition) is 5. The first-order chi connectivity index (χ1) is 6.43. The van der Waals surface area contributed by atoms with E-state index in [4.69, 9.17) is 4.42 Å². The van der Waals surface area contributed by atoms with Crippen LogP contribution in [-0.2, 0) is 6.54 Å². The summed E-state index contributed by atoms with van der Waals surface area (Å²) in [6.07, 6.45) is 1.70. The highest BCUT2D eigenvalue weighted by Gasteiger charge is 2.16. The molecule has 13 heavy (non-hydrogen) atoms. The zero-order valence-electron chi connectivity index (χ0n) is 6.66. The van der Waals surface area contributed by atoms with Crippen molar-refractivity contribution >= 4 is 14.8 Å². The topological polar surface area (TPSA) is 63.0 Å². The van der Waals surface area contributed by atoms with Crippen molar-refractivity contribution in [3.05, 3.63) is 17.8 Å². The van der Waals surface area contributed by atoms with Crippen LogP contribution in [0.2, 0.25) is 0 Å². The second kappa shape index (κ2) is 2.65. The van der Waals surface area contributed by atoms with Gasteiger partial charge in [-0.05, 0) is 6.07 Å². The summed E-state index contributed by atoms with van der Waals surface area (Å²) >= 11 is 0. The molecule has 0 spiro atoms. The van der Waals surface area contributed by atoms with Crippen molar-refractivity contribution in [3.63, 3.8) is 0 Å². The lowest BCUT2D eigenvalue weighted by Crippen LogP contribution is -2.12. The van der Waals surface area contributed by atoms with Crippen LogP contribution in [0.4, 0.5) is 5.88 Å². The lowest BCUT2D eigenvalue weighted by Gasteiger charge is -2.17. The summed E-state index contributed by atoms with van der Waals surface area (Å²) in [6.45, 7) is 0.839. The van der Waals surface area contributed by atoms with Gasteiger partial charge in [0.05, 0.1) is 11.8 Å². The highest BCUT2D eigenvalue weighted by Crippen LogP contribution is 2.32. The molecule has 3 heterocycles. The molecule has 0 aromatic carbocycles. The van der Waals surface area contributed by atoms with Gasteiger partial charge in [-0.1, -0.05) is 0 Å². The molecule has 6 heteroatoms. The molecule has 0 aromatic heterocycles. The number of rotatable bonds is 0. The highest BCUT2D eigenvalue weighted by atomic mass is 31.1. The molecule has 0 radical (unpaired) electrons. The second-order valence-corrected chi connectivity index (χ2v) is 3.66. The van der Waals surface area contributed by atoms with Crippen LogP contribution in [0.1, 0.15) is 5.56 Å². The van der Waals surface area contributed by atoms with Gasteiger partial charge in [0, 0.05) is 21.0 Å². The van der Waals surface area contributed by atoms with Crippen LogP contribution in [0.15, 0.2) is 16.7 Å². The van der Waals surface area contributed by atoms with Crippen LogP contribution in [0.3, 0.4) is 0 Å². The molecular formula is C7H7N4OP. The van der Waals surface area contributed by atoms with Gasteiger partial charge >= 0.3 is 0 Å². The minimum atomic E-state index is 0.507. The summed E-state index contributed by atoms with van der Waals surface area (Å²) in [7, 11) is 0.507. The first-order valence-electron chi connectivity index (χ1n) is 3.91. The predicted octanol–water partition coefficient (Wildman–Crippen LogP) is 1.20. The second-order valence-electron chi connectivity index (χ2n) is 2.81. The molecule has 0 saturated carbocycles. The maximum atomic E-state index is 5.51. The Morgan fingerprint density at radius 3 is 3.54 bits per heavy atom. The van der Waals surface area contributed by atoms with E-state index in [0.717, 1.165) is 23.6 Å². The molecule has 0 bridgehead atoms. The number of anilines is 1. The minimum absolute atomic E-state index is 0.507. The summed E-state index contributed by atoms with van der Waals surface area (Å²) in [6, 6.07) is 2.04. The van der Waals surface area contributed by atoms with Crippen LogP contribution < -0.4 is 10.2 Å². The van der Waals surface area contributed by atoms with E-state index in [-0.39, 0.29) is 0 Å². The molecule has 1 atom stereocenters. The van der Waals surface area contributed by atoms with Crippen LogP contribution in [0, 0.1) is 0 Å². The van der Waals surface area contributed by atoms with Crippen LogP contribution in [0.25, 0.3) is 11.5 Å². The summed E-state index contributed by atoms with van der Waals surface area (Å²) < 4.78 is 5.51. The van der Waals surface area contributed by atoms with Crippen molar-refractivity contribution in [2.24, 2.45) is 0 Å². The largest absolute Gasteiger partial charge is 0.420 e. The smallest absolute Gasteiger partial charge is 0.249 e. The Morgan fingerprint density at radius 1 is 1.54 bits per heavy atom. The van der Waals surface area contributed by atoms with Gasteiger partial charge in [-0.15, -0.1) is 5.10 Å². The van der Waals surface area contributed by atoms with Gasteiger partial charge < -0.3 is 9.50 Å². The Hall–Kier alpha value is -1.19. The summed E-state index contributed by atoms with van der Waals surface area (Å²) in [5, 5.41) is 14.0. The lowest BCUT2D eigenvalue weighted by molar-refractivity contribution is 0.557. The molecular weight excluding hydrogens is 187 g/mol. The summed E-state index contributed by atoms with van der Waals surface area (Å²) in [4.78, 5) is 0. The molecule has 1 unspecified atom stereocenters. The monoisotopic (exact) mass is 194 g/mol. The SMILES string of the molecule is c1nnc2oc3c(cc1-2)CNPN3. The van der Waals surface area contributed by atoms with E-state index in [1.54, 1.807) is 6.20 Å². The van der Waals surface area contributed by atoms with E-state index in [1.807, 2.05) is 6.07 Å². The van der Waals surface area contributed by atoms with Gasteiger partial charge in [-0.2, -0.15) is 5.10 Å². The zero-order valence-corrected chi connectivity index (χ0v) is 7.66. The third-order valence-electron chi connectivity index (χ3n) is 1.96. The average molecular weight is 194 g/mol. The molecule has 0 amide bonds. The first kappa shape index (κ1) is 7.24. The van der Waals surface area contributed by atoms with Gasteiger partial charge in [0.2, 0.25) is 11.8 Å². The minimum Gasteiger partial charge on any atom is -0.420 e. The zero-order chi connectivity index (χ0) is 8.67. The van der Waals surface area contributed by atoms with Crippen molar-refractivity contribution < 1.29 is 4.42 Å². The van der Waals surface area contributed by atoms with E-state index >= 15 is 0 Å². The van der Waals surface area contributed by atoms with E-state index in [1.165, 1.54) is 0 Å². The van der Waals surface area contributed by atoms with Crippen molar-refractivity contribution in [2.45, 2.75) is 6.54 Å². The molecule has 3 aliphatic rings. The molecule has 3 aliphatic heterocycles. The van der Waals surface area contributed by atoms with Gasteiger partial charge in [-0.25, -0.2) is 0 Å². The lowest BCUT2D eigenvalue weighted by atomic mass is 10.2. The molecule has 0 saturated heterocycles. The quantitative estimate of drug-likeness (QED) is 0.617. The molecule has 0 fully saturated rings. The summed E-state index contributed by atoms with van der Waals surface area (Å²) in [5.41, 5.74) is 2.08. The average Bonchev–Trinajstić information content (AvgIpc) is 2.61. The normalized spacial score (nSPS) is 17.2. The molecule has 2 N–H and O–H groups in total. The van der Waals surface area contributed by atoms with Crippen LogP contribution in [-0.4, -0.2) is 10.2 Å². The Balaban J connectivity index is 2.24. The van der Waals surface area contributed by atoms with Crippen LogP contribution >= 0.6 is 8.88 Å². The maximum absolute atomic E-state index is 5.51. The fourth-order valence-electron chi connectivity index (χ4n) is 1.33. The number of aromatic nitrogens is 2. The molecule has 0 aromatic rings.